The molecule has 0 spiro atoms. The average Bonchev–Trinajstić information content (AvgIpc) is 3.21. The fourth-order valence-corrected chi connectivity index (χ4v) is 3.27. The summed E-state index contributed by atoms with van der Waals surface area (Å²) >= 11 is 0. The summed E-state index contributed by atoms with van der Waals surface area (Å²) in [6, 6.07) is 3.03. The van der Waals surface area contributed by atoms with Gasteiger partial charge >= 0.3 is 11.9 Å². The summed E-state index contributed by atoms with van der Waals surface area (Å²) in [4.78, 5) is 47.0. The number of nitrogens with zero attached hydrogens (tertiary/aromatic N) is 2. The van der Waals surface area contributed by atoms with Crippen molar-refractivity contribution in [3.05, 3.63) is 39.9 Å². The number of carboxylic acids is 1. The molecule has 1 unspecified atom stereocenters. The molecule has 0 radical (unpaired) electrons. The number of aliphatic carboxylic acids is 1. The van der Waals surface area contributed by atoms with Crippen LogP contribution in [0.1, 0.15) is 37.7 Å². The van der Waals surface area contributed by atoms with Crippen molar-refractivity contribution in [3.8, 4) is 0 Å². The van der Waals surface area contributed by atoms with E-state index in [1.807, 2.05) is 0 Å². The highest BCUT2D eigenvalue weighted by atomic mass is 16.6. The molecule has 0 bridgehead atoms. The number of nitrogens with two attached hydrogens (primary N) is 2. The fourth-order valence-electron chi connectivity index (χ4n) is 3.27. The highest BCUT2D eigenvalue weighted by molar-refractivity contribution is 5.87. The molecule has 30 heavy (non-hydrogen) atoms. The summed E-state index contributed by atoms with van der Waals surface area (Å²) in [6.07, 6.45) is 1.96. The van der Waals surface area contributed by atoms with Gasteiger partial charge in [0.2, 0.25) is 5.91 Å². The van der Waals surface area contributed by atoms with E-state index < -0.39 is 40.9 Å². The van der Waals surface area contributed by atoms with Gasteiger partial charge in [0.25, 0.3) is 5.69 Å². The summed E-state index contributed by atoms with van der Waals surface area (Å²) in [5.41, 5.74) is 12.2. The van der Waals surface area contributed by atoms with Gasteiger partial charge in [-0.1, -0.05) is 0 Å². The molecule has 0 aromatic heterocycles. The lowest BCUT2D eigenvalue weighted by Gasteiger charge is -2.24. The summed E-state index contributed by atoms with van der Waals surface area (Å²) in [6.45, 7) is 0.312. The van der Waals surface area contributed by atoms with Crippen LogP contribution in [0.25, 0.3) is 0 Å². The third-order valence-corrected chi connectivity index (χ3v) is 5.00. The van der Waals surface area contributed by atoms with E-state index in [-0.39, 0.29) is 25.1 Å². The number of ether oxygens (including phenoxy) is 1. The second-order valence-electron chi connectivity index (χ2n) is 7.20. The van der Waals surface area contributed by atoms with E-state index in [1.54, 1.807) is 0 Å². The van der Waals surface area contributed by atoms with Crippen molar-refractivity contribution in [1.29, 1.82) is 0 Å². The van der Waals surface area contributed by atoms with Gasteiger partial charge in [0, 0.05) is 18.7 Å². The van der Waals surface area contributed by atoms with Crippen LogP contribution in [0.2, 0.25) is 0 Å². The maximum absolute atomic E-state index is 12.4. The van der Waals surface area contributed by atoms with Crippen LogP contribution in [-0.2, 0) is 25.7 Å². The molecule has 3 atom stereocenters. The van der Waals surface area contributed by atoms with Crippen LogP contribution in [0.4, 0.5) is 5.69 Å². The number of carbonyl (C=O) groups is 3. The molecule has 1 aromatic rings. The Labute approximate surface area is 173 Å². The third-order valence-electron chi connectivity index (χ3n) is 5.00. The van der Waals surface area contributed by atoms with E-state index in [1.165, 1.54) is 29.2 Å². The number of nitro groups is 1. The molecule has 1 amide bonds. The van der Waals surface area contributed by atoms with Gasteiger partial charge in [-0.15, -0.1) is 0 Å². The smallest absolute Gasteiger partial charge is 0.326 e. The van der Waals surface area contributed by atoms with Crippen molar-refractivity contribution in [2.45, 2.75) is 56.8 Å². The minimum Gasteiger partial charge on any atom is -0.480 e. The summed E-state index contributed by atoms with van der Waals surface area (Å²) in [5, 5.41) is 19.8. The molecule has 1 heterocycles. The molecule has 1 aliphatic rings. The molecule has 11 heteroatoms. The van der Waals surface area contributed by atoms with Crippen LogP contribution in [0.15, 0.2) is 24.3 Å². The van der Waals surface area contributed by atoms with Crippen LogP contribution in [0, 0.1) is 10.1 Å². The molecule has 1 aromatic carbocycles. The lowest BCUT2D eigenvalue weighted by molar-refractivity contribution is -0.384. The summed E-state index contributed by atoms with van der Waals surface area (Å²) in [5.74, 6) is -2.07. The van der Waals surface area contributed by atoms with Gasteiger partial charge in [0.1, 0.15) is 18.7 Å². The van der Waals surface area contributed by atoms with Gasteiger partial charge in [-0.25, -0.2) is 4.79 Å². The van der Waals surface area contributed by atoms with Crippen molar-refractivity contribution >= 4 is 23.5 Å². The van der Waals surface area contributed by atoms with Gasteiger partial charge in [-0.05, 0) is 49.8 Å². The second-order valence-corrected chi connectivity index (χ2v) is 7.20. The third kappa shape index (κ3) is 6.22. The van der Waals surface area contributed by atoms with E-state index in [0.29, 0.717) is 31.4 Å². The number of carboxylic acid groups (broad SMARTS) is 1. The van der Waals surface area contributed by atoms with Gasteiger partial charge < -0.3 is 26.2 Å². The van der Waals surface area contributed by atoms with E-state index in [9.17, 15) is 24.5 Å². The van der Waals surface area contributed by atoms with Gasteiger partial charge in [-0.2, -0.15) is 0 Å². The van der Waals surface area contributed by atoms with Crippen molar-refractivity contribution in [2.75, 3.05) is 6.54 Å². The zero-order chi connectivity index (χ0) is 22.3. The Morgan fingerprint density at radius 3 is 2.43 bits per heavy atom. The predicted molar refractivity (Wildman–Crippen MR) is 105 cm³/mol. The van der Waals surface area contributed by atoms with Gasteiger partial charge in [0.15, 0.2) is 0 Å². The highest BCUT2D eigenvalue weighted by Crippen LogP contribution is 2.19. The number of non-ortho nitro benzene ring substituents is 1. The topological polar surface area (TPSA) is 179 Å². The zero-order valence-corrected chi connectivity index (χ0v) is 16.4. The standard InChI is InChI=1S/C19H26N4O7/c20-14(17(24)22-10-2-5-16(22)18(25)26)3-1-4-15(21)19(27)30-11-12-6-8-13(9-7-12)23(28)29/h6-9,14-16H,1-5,10-11,20-21H2,(H,25,26)/t14-,15?,16-/m0/s1. The Hall–Kier alpha value is -3.05. The quantitative estimate of drug-likeness (QED) is 0.275. The Bertz CT molecular complexity index is 784. The Morgan fingerprint density at radius 1 is 1.20 bits per heavy atom. The number of hydrogen-bond donors (Lipinski definition) is 3. The number of rotatable bonds is 10. The number of amides is 1. The molecule has 11 nitrogen and oxygen atoms in total. The Balaban J connectivity index is 1.72. The Kier molecular flexibility index (Phi) is 8.25. The molecule has 0 aliphatic carbocycles. The maximum Gasteiger partial charge on any atom is 0.326 e. The summed E-state index contributed by atoms with van der Waals surface area (Å²) < 4.78 is 5.11. The molecular formula is C19H26N4O7. The van der Waals surface area contributed by atoms with Crippen molar-refractivity contribution < 1.29 is 29.2 Å². The molecular weight excluding hydrogens is 396 g/mol. The first-order chi connectivity index (χ1) is 14.2. The van der Waals surface area contributed by atoms with Crippen LogP contribution in [0.3, 0.4) is 0 Å². The lowest BCUT2D eigenvalue weighted by Crippen LogP contribution is -2.48. The molecule has 0 saturated carbocycles. The monoisotopic (exact) mass is 422 g/mol. The minimum atomic E-state index is -1.04. The first-order valence-corrected chi connectivity index (χ1v) is 9.65. The van der Waals surface area contributed by atoms with Crippen LogP contribution >= 0.6 is 0 Å². The van der Waals surface area contributed by atoms with E-state index in [2.05, 4.69) is 0 Å². The Morgan fingerprint density at radius 2 is 1.83 bits per heavy atom. The second kappa shape index (κ2) is 10.6. The van der Waals surface area contributed by atoms with E-state index in [0.717, 1.165) is 0 Å². The number of hydrogen-bond acceptors (Lipinski definition) is 8. The summed E-state index contributed by atoms with van der Waals surface area (Å²) in [7, 11) is 0. The first kappa shape index (κ1) is 23.2. The molecule has 2 rings (SSSR count). The SMILES string of the molecule is NC(CCC[C@H](N)C(=O)N1CCC[C@H]1C(=O)O)C(=O)OCc1ccc([N+](=O)[O-])cc1. The van der Waals surface area contributed by atoms with Crippen molar-refractivity contribution in [3.63, 3.8) is 0 Å². The minimum absolute atomic E-state index is 0.0590. The van der Waals surface area contributed by atoms with Crippen LogP contribution in [-0.4, -0.2) is 57.4 Å². The van der Waals surface area contributed by atoms with Crippen molar-refractivity contribution in [2.24, 2.45) is 11.5 Å². The highest BCUT2D eigenvalue weighted by Gasteiger charge is 2.35. The number of carbonyl (C=O) groups excluding carboxylic acids is 2. The molecule has 1 aliphatic heterocycles. The van der Waals surface area contributed by atoms with Crippen molar-refractivity contribution in [1.82, 2.24) is 4.90 Å². The molecule has 5 N–H and O–H groups in total. The largest absolute Gasteiger partial charge is 0.480 e. The molecule has 1 fully saturated rings. The average molecular weight is 422 g/mol. The van der Waals surface area contributed by atoms with Crippen LogP contribution in [0.5, 0.6) is 0 Å². The van der Waals surface area contributed by atoms with E-state index in [4.69, 9.17) is 21.3 Å². The van der Waals surface area contributed by atoms with Gasteiger partial charge in [0.05, 0.1) is 11.0 Å². The zero-order valence-electron chi connectivity index (χ0n) is 16.4. The number of esters is 1. The maximum atomic E-state index is 12.4. The number of benzene rings is 1. The van der Waals surface area contributed by atoms with Gasteiger partial charge in [-0.3, -0.25) is 19.7 Å². The molecule has 164 valence electrons. The van der Waals surface area contributed by atoms with E-state index >= 15 is 0 Å². The van der Waals surface area contributed by atoms with Crippen LogP contribution < -0.4 is 11.5 Å². The first-order valence-electron chi connectivity index (χ1n) is 9.65. The predicted octanol–water partition coefficient (Wildman–Crippen LogP) is 0.539. The molecule has 1 saturated heterocycles. The number of nitro benzene ring substituents is 1. The lowest BCUT2D eigenvalue weighted by atomic mass is 10.0. The fraction of sp³-hybridized carbons (Fsp3) is 0.526. The number of likely N-dealkylation sites (tertiary alicyclic amines) is 1. The normalized spacial score (nSPS) is 17.9.